The van der Waals surface area contributed by atoms with Crippen molar-refractivity contribution in [3.8, 4) is 11.4 Å². The Morgan fingerprint density at radius 3 is 2.48 bits per heavy atom. The fraction of sp³-hybridized carbons (Fsp3) is 0.485. The van der Waals surface area contributed by atoms with Crippen LogP contribution >= 0.6 is 0 Å². The first kappa shape index (κ1) is 29.6. The molecule has 2 aromatic carbocycles. The van der Waals surface area contributed by atoms with E-state index in [0.717, 1.165) is 84.8 Å². The molecular weight excluding hydrogens is 528 g/mol. The van der Waals surface area contributed by atoms with Crippen LogP contribution in [0.5, 0.6) is 5.75 Å². The van der Waals surface area contributed by atoms with Gasteiger partial charge in [0.05, 0.1) is 17.9 Å². The summed E-state index contributed by atoms with van der Waals surface area (Å²) >= 11 is 0. The van der Waals surface area contributed by atoms with Gasteiger partial charge in [0.15, 0.2) is 0 Å². The zero-order valence-electron chi connectivity index (χ0n) is 25.6. The first-order valence-corrected chi connectivity index (χ1v) is 15.2. The average Bonchev–Trinajstić information content (AvgIpc) is 3.60. The molecule has 9 nitrogen and oxygen atoms in total. The number of anilines is 2. The predicted octanol–water partition coefficient (Wildman–Crippen LogP) is 5.54. The minimum atomic E-state index is -0.307. The van der Waals surface area contributed by atoms with Crippen LogP contribution in [0.3, 0.4) is 0 Å². The summed E-state index contributed by atoms with van der Waals surface area (Å²) < 4.78 is 8.01. The minimum absolute atomic E-state index is 0.168. The van der Waals surface area contributed by atoms with Gasteiger partial charge in [-0.2, -0.15) is 5.10 Å². The number of carbonyl (C=O) groups excluding carboxylic acids is 2. The molecule has 0 atom stereocenters. The van der Waals surface area contributed by atoms with Gasteiger partial charge in [0.1, 0.15) is 18.2 Å². The Morgan fingerprint density at radius 1 is 1.00 bits per heavy atom. The van der Waals surface area contributed by atoms with Gasteiger partial charge in [-0.05, 0) is 68.0 Å². The highest BCUT2D eigenvalue weighted by Gasteiger charge is 2.25. The third kappa shape index (κ3) is 6.78. The summed E-state index contributed by atoms with van der Waals surface area (Å²) in [4.78, 5) is 29.8. The van der Waals surface area contributed by atoms with Crippen LogP contribution in [0.25, 0.3) is 5.69 Å². The second kappa shape index (κ2) is 12.6. The Bertz CT molecular complexity index is 1420. The minimum Gasteiger partial charge on any atom is -0.492 e. The number of aromatic nitrogens is 2. The highest BCUT2D eigenvalue weighted by molar-refractivity contribution is 6.00. The SMILES string of the molecule is CCCN1CCN(CCOc2ccc(NC(=O)Nc3cc(C(C)(C)C)nn3-c3ccc(C)cc3)c3c2CCC3)CC1=O. The van der Waals surface area contributed by atoms with Crippen LogP contribution < -0.4 is 15.4 Å². The second-order valence-electron chi connectivity index (χ2n) is 12.4. The molecule has 5 rings (SSSR count). The van der Waals surface area contributed by atoms with Crippen LogP contribution in [0, 0.1) is 6.92 Å². The van der Waals surface area contributed by atoms with E-state index in [1.807, 2.05) is 54.3 Å². The molecule has 0 bridgehead atoms. The summed E-state index contributed by atoms with van der Waals surface area (Å²) in [7, 11) is 0. The first-order valence-electron chi connectivity index (χ1n) is 15.2. The molecule has 42 heavy (non-hydrogen) atoms. The van der Waals surface area contributed by atoms with Crippen LogP contribution in [0.15, 0.2) is 42.5 Å². The molecule has 3 aromatic rings. The Hall–Kier alpha value is -3.85. The number of aryl methyl sites for hydroxylation is 1. The number of piperazine rings is 1. The summed E-state index contributed by atoms with van der Waals surface area (Å²) in [5.74, 6) is 1.69. The number of nitrogens with one attached hydrogen (secondary N) is 2. The van der Waals surface area contributed by atoms with Gasteiger partial charge in [-0.15, -0.1) is 0 Å². The zero-order valence-corrected chi connectivity index (χ0v) is 25.6. The van der Waals surface area contributed by atoms with Crippen molar-refractivity contribution in [2.45, 2.75) is 65.7 Å². The molecule has 224 valence electrons. The predicted molar refractivity (Wildman–Crippen MR) is 167 cm³/mol. The number of fused-ring (bicyclic) bond motifs is 1. The smallest absolute Gasteiger partial charge is 0.324 e. The number of amides is 3. The van der Waals surface area contributed by atoms with E-state index in [-0.39, 0.29) is 17.4 Å². The molecule has 9 heteroatoms. The summed E-state index contributed by atoms with van der Waals surface area (Å²) in [6.07, 6.45) is 3.83. The quantitative estimate of drug-likeness (QED) is 0.351. The van der Waals surface area contributed by atoms with Crippen molar-refractivity contribution < 1.29 is 14.3 Å². The van der Waals surface area contributed by atoms with Crippen LogP contribution in [0.1, 0.15) is 62.9 Å². The van der Waals surface area contributed by atoms with Crippen molar-refractivity contribution in [1.82, 2.24) is 19.6 Å². The highest BCUT2D eigenvalue weighted by atomic mass is 16.5. The van der Waals surface area contributed by atoms with Gasteiger partial charge in [-0.3, -0.25) is 15.0 Å². The lowest BCUT2D eigenvalue weighted by molar-refractivity contribution is -0.136. The van der Waals surface area contributed by atoms with Crippen LogP contribution in [-0.2, 0) is 23.1 Å². The van der Waals surface area contributed by atoms with Crippen molar-refractivity contribution >= 4 is 23.4 Å². The van der Waals surface area contributed by atoms with Crippen molar-refractivity contribution in [2.75, 3.05) is 50.0 Å². The normalized spacial score (nSPS) is 15.5. The molecule has 2 aliphatic rings. The Morgan fingerprint density at radius 2 is 1.76 bits per heavy atom. The van der Waals surface area contributed by atoms with Gasteiger partial charge in [-0.1, -0.05) is 45.4 Å². The molecule has 0 spiro atoms. The monoisotopic (exact) mass is 572 g/mol. The van der Waals surface area contributed by atoms with E-state index in [1.54, 1.807) is 4.68 Å². The summed E-state index contributed by atoms with van der Waals surface area (Å²) in [5.41, 5.74) is 5.88. The highest BCUT2D eigenvalue weighted by Crippen LogP contribution is 2.36. The molecule has 1 fully saturated rings. The first-order chi connectivity index (χ1) is 20.1. The molecule has 0 saturated carbocycles. The molecule has 3 amide bonds. The molecule has 0 radical (unpaired) electrons. The number of carbonyl (C=O) groups is 2. The molecular formula is C33H44N6O3. The lowest BCUT2D eigenvalue weighted by Gasteiger charge is -2.34. The molecule has 1 aromatic heterocycles. The third-order valence-corrected chi connectivity index (χ3v) is 8.04. The fourth-order valence-corrected chi connectivity index (χ4v) is 5.65. The summed E-state index contributed by atoms with van der Waals surface area (Å²) in [6, 6.07) is 13.6. The van der Waals surface area contributed by atoms with E-state index in [0.29, 0.717) is 25.5 Å². The van der Waals surface area contributed by atoms with Gasteiger partial charge in [0.2, 0.25) is 5.91 Å². The number of urea groups is 1. The number of hydrogen-bond acceptors (Lipinski definition) is 5. The second-order valence-corrected chi connectivity index (χ2v) is 12.4. The maximum Gasteiger partial charge on any atom is 0.324 e. The number of ether oxygens (including phenoxy) is 1. The van der Waals surface area contributed by atoms with Crippen LogP contribution in [0.2, 0.25) is 0 Å². The van der Waals surface area contributed by atoms with Crippen molar-refractivity contribution in [3.05, 3.63) is 64.8 Å². The molecule has 1 saturated heterocycles. The molecule has 1 aliphatic carbocycles. The Labute approximate surface area is 249 Å². The molecule has 0 unspecified atom stereocenters. The lowest BCUT2D eigenvalue weighted by Crippen LogP contribution is -2.51. The van der Waals surface area contributed by atoms with Gasteiger partial charge in [0.25, 0.3) is 0 Å². The Kier molecular flexibility index (Phi) is 8.87. The zero-order chi connectivity index (χ0) is 29.9. The van der Waals surface area contributed by atoms with Gasteiger partial charge in [-0.25, -0.2) is 9.48 Å². The van der Waals surface area contributed by atoms with E-state index in [4.69, 9.17) is 9.84 Å². The van der Waals surface area contributed by atoms with Crippen LogP contribution in [-0.4, -0.2) is 70.8 Å². The van der Waals surface area contributed by atoms with Gasteiger partial charge < -0.3 is 15.0 Å². The number of rotatable bonds is 9. The van der Waals surface area contributed by atoms with Gasteiger partial charge in [0, 0.05) is 43.3 Å². The molecule has 2 heterocycles. The van der Waals surface area contributed by atoms with Crippen LogP contribution in [0.4, 0.5) is 16.3 Å². The van der Waals surface area contributed by atoms with E-state index in [2.05, 4.69) is 43.2 Å². The maximum absolute atomic E-state index is 13.3. The van der Waals surface area contributed by atoms with Crippen molar-refractivity contribution in [1.29, 1.82) is 0 Å². The number of nitrogens with zero attached hydrogens (tertiary/aromatic N) is 4. The van der Waals surface area contributed by atoms with Crippen molar-refractivity contribution in [2.24, 2.45) is 0 Å². The Balaban J connectivity index is 1.24. The maximum atomic E-state index is 13.3. The van der Waals surface area contributed by atoms with E-state index < -0.39 is 0 Å². The average molecular weight is 573 g/mol. The number of hydrogen-bond donors (Lipinski definition) is 2. The topological polar surface area (TPSA) is 91.7 Å². The molecule has 2 N–H and O–H groups in total. The summed E-state index contributed by atoms with van der Waals surface area (Å²) in [5, 5.41) is 10.9. The number of benzene rings is 2. The van der Waals surface area contributed by atoms with E-state index in [9.17, 15) is 9.59 Å². The molecule has 1 aliphatic heterocycles. The fourth-order valence-electron chi connectivity index (χ4n) is 5.65. The lowest BCUT2D eigenvalue weighted by atomic mass is 9.92. The summed E-state index contributed by atoms with van der Waals surface area (Å²) in [6.45, 7) is 14.7. The third-order valence-electron chi connectivity index (χ3n) is 8.04. The van der Waals surface area contributed by atoms with Gasteiger partial charge >= 0.3 is 6.03 Å². The van der Waals surface area contributed by atoms with E-state index in [1.165, 1.54) is 0 Å². The van der Waals surface area contributed by atoms with E-state index >= 15 is 0 Å². The largest absolute Gasteiger partial charge is 0.492 e. The standard InChI is InChI=1S/C33H44N6O3/c1-6-16-38-18-17-37(22-31(38)40)19-20-42-28-15-14-27(25-8-7-9-26(25)28)34-32(41)35-30-21-29(33(3,4)5)36-39(30)24-12-10-23(2)11-13-24/h10-15,21H,6-9,16-20,22H2,1-5H3,(H2,34,35,41). The van der Waals surface area contributed by atoms with Crippen molar-refractivity contribution in [3.63, 3.8) is 0 Å².